The van der Waals surface area contributed by atoms with Gasteiger partial charge in [-0.15, -0.1) is 6.58 Å². The van der Waals surface area contributed by atoms with Gasteiger partial charge in [0, 0.05) is 11.6 Å². The monoisotopic (exact) mass is 249 g/mol. The second-order valence-corrected chi connectivity index (χ2v) is 3.87. The van der Waals surface area contributed by atoms with Gasteiger partial charge in [-0.3, -0.25) is 10.1 Å². The van der Waals surface area contributed by atoms with Crippen LogP contribution < -0.4 is 0 Å². The molecule has 0 aliphatic heterocycles. The molecule has 5 nitrogen and oxygen atoms in total. The SMILES string of the molecule is C=CCCc1c(C)cc(C(=O)OC)cc1[N+](=O)[O-]. The predicted molar refractivity (Wildman–Crippen MR) is 67.7 cm³/mol. The molecule has 0 aromatic heterocycles. The van der Waals surface area contributed by atoms with Crippen molar-refractivity contribution in [3.63, 3.8) is 0 Å². The van der Waals surface area contributed by atoms with Crippen LogP contribution in [0.15, 0.2) is 24.8 Å². The summed E-state index contributed by atoms with van der Waals surface area (Å²) < 4.78 is 4.57. The maximum Gasteiger partial charge on any atom is 0.338 e. The maximum absolute atomic E-state index is 11.4. The number of aryl methyl sites for hydroxylation is 1. The van der Waals surface area contributed by atoms with E-state index in [1.54, 1.807) is 19.1 Å². The number of rotatable bonds is 5. The summed E-state index contributed by atoms with van der Waals surface area (Å²) in [5.41, 5.74) is 1.50. The molecule has 0 aliphatic rings. The van der Waals surface area contributed by atoms with E-state index >= 15 is 0 Å². The minimum atomic E-state index is -0.573. The van der Waals surface area contributed by atoms with E-state index in [-0.39, 0.29) is 11.3 Å². The standard InChI is InChI=1S/C13H15NO4/c1-4-5-6-11-9(2)7-10(13(15)18-3)8-12(11)14(16)17/h4,7-8H,1,5-6H2,2-3H3. The fourth-order valence-electron chi connectivity index (χ4n) is 1.77. The summed E-state index contributed by atoms with van der Waals surface area (Å²) in [7, 11) is 1.25. The number of hydrogen-bond acceptors (Lipinski definition) is 4. The van der Waals surface area contributed by atoms with Gasteiger partial charge < -0.3 is 4.74 Å². The molecule has 0 spiro atoms. The van der Waals surface area contributed by atoms with Crippen LogP contribution in [0.4, 0.5) is 5.69 Å². The van der Waals surface area contributed by atoms with E-state index in [1.807, 2.05) is 0 Å². The Morgan fingerprint density at radius 2 is 2.22 bits per heavy atom. The Morgan fingerprint density at radius 3 is 2.72 bits per heavy atom. The van der Waals surface area contributed by atoms with Gasteiger partial charge in [0.05, 0.1) is 17.6 Å². The van der Waals surface area contributed by atoms with Crippen molar-refractivity contribution in [2.24, 2.45) is 0 Å². The minimum Gasteiger partial charge on any atom is -0.465 e. The molecule has 0 bridgehead atoms. The summed E-state index contributed by atoms with van der Waals surface area (Å²) in [6.45, 7) is 5.34. The molecule has 0 heterocycles. The molecule has 18 heavy (non-hydrogen) atoms. The third-order valence-electron chi connectivity index (χ3n) is 2.67. The number of nitro benzene ring substituents is 1. The van der Waals surface area contributed by atoms with E-state index in [0.29, 0.717) is 24.0 Å². The third-order valence-corrected chi connectivity index (χ3v) is 2.67. The first-order valence-electron chi connectivity index (χ1n) is 5.48. The zero-order valence-electron chi connectivity index (χ0n) is 10.4. The van der Waals surface area contributed by atoms with Crippen LogP contribution in [-0.2, 0) is 11.2 Å². The van der Waals surface area contributed by atoms with Crippen molar-refractivity contribution >= 4 is 11.7 Å². The van der Waals surface area contributed by atoms with E-state index in [9.17, 15) is 14.9 Å². The normalized spacial score (nSPS) is 9.89. The zero-order chi connectivity index (χ0) is 13.7. The second kappa shape index (κ2) is 5.95. The quantitative estimate of drug-likeness (QED) is 0.348. The Morgan fingerprint density at radius 1 is 1.56 bits per heavy atom. The number of methoxy groups -OCH3 is 1. The summed E-state index contributed by atoms with van der Waals surface area (Å²) in [6.07, 6.45) is 2.89. The Labute approximate surface area is 105 Å². The maximum atomic E-state index is 11.4. The van der Waals surface area contributed by atoms with Gasteiger partial charge in [-0.2, -0.15) is 0 Å². The van der Waals surface area contributed by atoms with Crippen LogP contribution in [-0.4, -0.2) is 18.0 Å². The predicted octanol–water partition coefficient (Wildman–Crippen LogP) is 2.81. The van der Waals surface area contributed by atoms with Crippen LogP contribution in [0.2, 0.25) is 0 Å². The van der Waals surface area contributed by atoms with Crippen LogP contribution in [0.25, 0.3) is 0 Å². The van der Waals surface area contributed by atoms with Crippen LogP contribution in [0.5, 0.6) is 0 Å². The van der Waals surface area contributed by atoms with E-state index in [1.165, 1.54) is 13.2 Å². The van der Waals surface area contributed by atoms with Crippen LogP contribution >= 0.6 is 0 Å². The van der Waals surface area contributed by atoms with Crippen molar-refractivity contribution < 1.29 is 14.5 Å². The number of hydrogen-bond donors (Lipinski definition) is 0. The van der Waals surface area contributed by atoms with E-state index < -0.39 is 10.9 Å². The smallest absolute Gasteiger partial charge is 0.338 e. The largest absolute Gasteiger partial charge is 0.465 e. The molecule has 1 rings (SSSR count). The van der Waals surface area contributed by atoms with Gasteiger partial charge in [0.2, 0.25) is 0 Å². The summed E-state index contributed by atoms with van der Waals surface area (Å²) in [4.78, 5) is 22.0. The van der Waals surface area contributed by atoms with Crippen LogP contribution in [0, 0.1) is 17.0 Å². The van der Waals surface area contributed by atoms with Crippen molar-refractivity contribution in [3.05, 3.63) is 51.6 Å². The molecule has 0 saturated carbocycles. The highest BCUT2D eigenvalue weighted by Gasteiger charge is 2.20. The lowest BCUT2D eigenvalue weighted by Crippen LogP contribution is -2.06. The molecule has 0 amide bonds. The third kappa shape index (κ3) is 2.94. The summed E-state index contributed by atoms with van der Waals surface area (Å²) in [5, 5.41) is 11.0. The van der Waals surface area contributed by atoms with Crippen molar-refractivity contribution in [2.75, 3.05) is 7.11 Å². The molecule has 5 heteroatoms. The Bertz CT molecular complexity index is 494. The molecule has 0 N–H and O–H groups in total. The number of carbonyl (C=O) groups excluding carboxylic acids is 1. The Hall–Kier alpha value is -2.17. The van der Waals surface area contributed by atoms with E-state index in [4.69, 9.17) is 0 Å². The fraction of sp³-hybridized carbons (Fsp3) is 0.308. The van der Waals surface area contributed by atoms with Crippen LogP contribution in [0.3, 0.4) is 0 Å². The highest BCUT2D eigenvalue weighted by Crippen LogP contribution is 2.26. The average Bonchev–Trinajstić information content (AvgIpc) is 2.35. The lowest BCUT2D eigenvalue weighted by atomic mass is 9.99. The highest BCUT2D eigenvalue weighted by molar-refractivity contribution is 5.90. The Balaban J connectivity index is 3.30. The van der Waals surface area contributed by atoms with Gasteiger partial charge >= 0.3 is 5.97 Å². The van der Waals surface area contributed by atoms with Gasteiger partial charge in [-0.05, 0) is 31.4 Å². The first-order chi connectivity index (χ1) is 8.51. The molecule has 0 atom stereocenters. The molecule has 1 aromatic rings. The zero-order valence-corrected chi connectivity index (χ0v) is 10.4. The van der Waals surface area contributed by atoms with Crippen molar-refractivity contribution in [1.82, 2.24) is 0 Å². The lowest BCUT2D eigenvalue weighted by Gasteiger charge is -2.08. The first-order valence-corrected chi connectivity index (χ1v) is 5.48. The van der Waals surface area contributed by atoms with Crippen molar-refractivity contribution in [3.8, 4) is 0 Å². The van der Waals surface area contributed by atoms with Gasteiger partial charge in [0.1, 0.15) is 0 Å². The second-order valence-electron chi connectivity index (χ2n) is 3.87. The van der Waals surface area contributed by atoms with Crippen molar-refractivity contribution in [1.29, 1.82) is 0 Å². The number of nitrogens with zero attached hydrogens (tertiary/aromatic N) is 1. The molecule has 96 valence electrons. The van der Waals surface area contributed by atoms with Gasteiger partial charge in [-0.25, -0.2) is 4.79 Å². The van der Waals surface area contributed by atoms with E-state index in [2.05, 4.69) is 11.3 Å². The molecule has 1 aromatic carbocycles. The number of benzene rings is 1. The number of ether oxygens (including phenoxy) is 1. The minimum absolute atomic E-state index is 0.0442. The Kier molecular flexibility index (Phi) is 4.59. The van der Waals surface area contributed by atoms with Gasteiger partial charge in [0.15, 0.2) is 0 Å². The average molecular weight is 249 g/mol. The molecular weight excluding hydrogens is 234 g/mol. The van der Waals surface area contributed by atoms with Gasteiger partial charge in [-0.1, -0.05) is 6.08 Å². The lowest BCUT2D eigenvalue weighted by molar-refractivity contribution is -0.385. The molecule has 0 fully saturated rings. The number of allylic oxidation sites excluding steroid dienone is 1. The molecule has 0 aliphatic carbocycles. The van der Waals surface area contributed by atoms with Crippen LogP contribution in [0.1, 0.15) is 27.9 Å². The number of nitro groups is 1. The summed E-state index contributed by atoms with van der Waals surface area (Å²) in [6, 6.07) is 2.87. The number of esters is 1. The summed E-state index contributed by atoms with van der Waals surface area (Å²) >= 11 is 0. The topological polar surface area (TPSA) is 69.4 Å². The number of carbonyl (C=O) groups is 1. The first kappa shape index (κ1) is 13.9. The van der Waals surface area contributed by atoms with E-state index in [0.717, 1.165) is 0 Å². The molecule has 0 unspecified atom stereocenters. The fourth-order valence-corrected chi connectivity index (χ4v) is 1.77. The molecule has 0 radical (unpaired) electrons. The van der Waals surface area contributed by atoms with Gasteiger partial charge in [0.25, 0.3) is 5.69 Å². The molecule has 0 saturated heterocycles. The highest BCUT2D eigenvalue weighted by atomic mass is 16.6. The summed E-state index contributed by atoms with van der Waals surface area (Å²) in [5.74, 6) is -0.573. The molecular formula is C13H15NO4. The van der Waals surface area contributed by atoms with Crippen molar-refractivity contribution in [2.45, 2.75) is 19.8 Å².